The van der Waals surface area contributed by atoms with Crippen molar-refractivity contribution in [1.82, 2.24) is 10.3 Å². The van der Waals surface area contributed by atoms with E-state index in [1.54, 1.807) is 6.20 Å². The molecular formula is C13H23N3O2. The average Bonchev–Trinajstić information content (AvgIpc) is 2.62. The topological polar surface area (TPSA) is 81.2 Å². The summed E-state index contributed by atoms with van der Waals surface area (Å²) in [7, 11) is 0. The summed E-state index contributed by atoms with van der Waals surface area (Å²) in [6, 6.07) is -0.271. The zero-order valence-electron chi connectivity index (χ0n) is 12.0. The molecule has 0 saturated heterocycles. The summed E-state index contributed by atoms with van der Waals surface area (Å²) in [5.41, 5.74) is 4.75. The van der Waals surface area contributed by atoms with E-state index < -0.39 is 11.0 Å². The van der Waals surface area contributed by atoms with E-state index in [0.717, 1.165) is 5.76 Å². The van der Waals surface area contributed by atoms with Gasteiger partial charge in [0.2, 0.25) is 11.8 Å². The van der Waals surface area contributed by atoms with Gasteiger partial charge in [0.25, 0.3) is 0 Å². The monoisotopic (exact) mass is 253 g/mol. The molecule has 1 aromatic rings. The Kier molecular flexibility index (Phi) is 3.86. The van der Waals surface area contributed by atoms with Gasteiger partial charge in [0, 0.05) is 5.54 Å². The molecule has 0 saturated carbocycles. The zero-order valence-corrected chi connectivity index (χ0v) is 12.0. The highest BCUT2D eigenvalue weighted by Crippen LogP contribution is 2.29. The number of hydrogen-bond acceptors (Lipinski definition) is 4. The number of amides is 1. The van der Waals surface area contributed by atoms with E-state index in [1.165, 1.54) is 0 Å². The number of aryl methyl sites for hydroxylation is 1. The first-order chi connectivity index (χ1) is 8.05. The second-order valence-corrected chi connectivity index (χ2v) is 5.85. The molecule has 0 aliphatic heterocycles. The van der Waals surface area contributed by atoms with E-state index in [9.17, 15) is 4.79 Å². The first-order valence-electron chi connectivity index (χ1n) is 6.08. The molecule has 5 heteroatoms. The second kappa shape index (κ2) is 4.72. The Labute approximate surface area is 108 Å². The van der Waals surface area contributed by atoms with Crippen molar-refractivity contribution in [3.05, 3.63) is 17.8 Å². The van der Waals surface area contributed by atoms with Gasteiger partial charge in [-0.3, -0.25) is 4.79 Å². The van der Waals surface area contributed by atoms with E-state index in [0.29, 0.717) is 5.89 Å². The minimum absolute atomic E-state index is 0.113. The van der Waals surface area contributed by atoms with Crippen LogP contribution >= 0.6 is 0 Å². The largest absolute Gasteiger partial charge is 0.444 e. The van der Waals surface area contributed by atoms with Crippen molar-refractivity contribution in [3.8, 4) is 0 Å². The summed E-state index contributed by atoms with van der Waals surface area (Å²) in [6.07, 6.45) is 1.63. The van der Waals surface area contributed by atoms with Gasteiger partial charge in [-0.1, -0.05) is 0 Å². The van der Waals surface area contributed by atoms with Crippen LogP contribution in [0.5, 0.6) is 0 Å². The van der Waals surface area contributed by atoms with Crippen molar-refractivity contribution < 1.29 is 9.21 Å². The molecule has 18 heavy (non-hydrogen) atoms. The Morgan fingerprint density at radius 3 is 2.39 bits per heavy atom. The number of nitrogens with two attached hydrogens (primary N) is 1. The number of carbonyl (C=O) groups excluding carboxylic acids is 1. The van der Waals surface area contributed by atoms with Gasteiger partial charge < -0.3 is 15.5 Å². The summed E-state index contributed by atoms with van der Waals surface area (Å²) in [6.45, 7) is 11.0. The maximum Gasteiger partial charge on any atom is 0.228 e. The van der Waals surface area contributed by atoms with Gasteiger partial charge in [-0.05, 0) is 41.5 Å². The minimum atomic E-state index is -0.678. The van der Waals surface area contributed by atoms with E-state index >= 15 is 0 Å². The molecule has 1 atom stereocenters. The van der Waals surface area contributed by atoms with Crippen LogP contribution < -0.4 is 11.1 Å². The smallest absolute Gasteiger partial charge is 0.228 e. The molecule has 0 fully saturated rings. The highest BCUT2D eigenvalue weighted by molar-refractivity contribution is 5.83. The summed E-state index contributed by atoms with van der Waals surface area (Å²) < 4.78 is 5.39. The summed E-state index contributed by atoms with van der Waals surface area (Å²) in [5, 5.41) is 2.88. The molecule has 102 valence electrons. The maximum absolute atomic E-state index is 12.2. The zero-order chi connectivity index (χ0) is 14.1. The van der Waals surface area contributed by atoms with Gasteiger partial charge in [0.1, 0.15) is 11.8 Å². The lowest BCUT2D eigenvalue weighted by Gasteiger charge is -2.37. The fraction of sp³-hybridized carbons (Fsp3) is 0.692. The first-order valence-corrected chi connectivity index (χ1v) is 6.08. The van der Waals surface area contributed by atoms with Crippen molar-refractivity contribution in [2.45, 2.75) is 53.1 Å². The Hall–Kier alpha value is -1.36. The van der Waals surface area contributed by atoms with Crippen LogP contribution in [0.1, 0.15) is 52.3 Å². The van der Waals surface area contributed by atoms with Crippen molar-refractivity contribution in [3.63, 3.8) is 0 Å². The SMILES string of the molecule is Cc1cnc(C(C)NC(=O)C(C)(C)C(C)(C)N)o1. The van der Waals surface area contributed by atoms with Gasteiger partial charge >= 0.3 is 0 Å². The van der Waals surface area contributed by atoms with Crippen LogP contribution in [-0.4, -0.2) is 16.4 Å². The molecule has 1 rings (SSSR count). The third-order valence-electron chi connectivity index (χ3n) is 3.54. The van der Waals surface area contributed by atoms with Gasteiger partial charge in [0.15, 0.2) is 0 Å². The normalized spacial score (nSPS) is 14.4. The standard InChI is InChI=1S/C13H23N3O2/c1-8-7-15-10(18-8)9(2)16-11(17)12(3,4)13(5,6)14/h7,9H,14H2,1-6H3,(H,16,17). The predicted octanol–water partition coefficient (Wildman–Crippen LogP) is 1.92. The number of aromatic nitrogens is 1. The third-order valence-corrected chi connectivity index (χ3v) is 3.54. The number of hydrogen-bond donors (Lipinski definition) is 2. The number of carbonyl (C=O) groups is 1. The molecule has 0 aliphatic rings. The van der Waals surface area contributed by atoms with E-state index in [-0.39, 0.29) is 11.9 Å². The summed E-state index contributed by atoms with van der Waals surface area (Å²) in [4.78, 5) is 16.3. The molecule has 1 unspecified atom stereocenters. The van der Waals surface area contributed by atoms with Crippen molar-refractivity contribution in [2.24, 2.45) is 11.1 Å². The van der Waals surface area contributed by atoms with Crippen LogP contribution in [0.25, 0.3) is 0 Å². The lowest BCUT2D eigenvalue weighted by Crippen LogP contribution is -2.55. The van der Waals surface area contributed by atoms with E-state index in [1.807, 2.05) is 41.5 Å². The minimum Gasteiger partial charge on any atom is -0.444 e. The quantitative estimate of drug-likeness (QED) is 0.859. The molecule has 1 heterocycles. The predicted molar refractivity (Wildman–Crippen MR) is 69.8 cm³/mol. The van der Waals surface area contributed by atoms with E-state index in [4.69, 9.17) is 10.2 Å². The molecule has 3 N–H and O–H groups in total. The Morgan fingerprint density at radius 1 is 1.44 bits per heavy atom. The van der Waals surface area contributed by atoms with Crippen LogP contribution in [0.15, 0.2) is 10.6 Å². The Morgan fingerprint density at radius 2 is 2.00 bits per heavy atom. The van der Waals surface area contributed by atoms with Crippen LogP contribution in [0, 0.1) is 12.3 Å². The van der Waals surface area contributed by atoms with Crippen LogP contribution in [-0.2, 0) is 4.79 Å². The summed E-state index contributed by atoms with van der Waals surface area (Å²) >= 11 is 0. The molecule has 5 nitrogen and oxygen atoms in total. The Balaban J connectivity index is 2.77. The molecule has 0 spiro atoms. The number of nitrogens with one attached hydrogen (secondary N) is 1. The Bertz CT molecular complexity index is 430. The van der Waals surface area contributed by atoms with Gasteiger partial charge in [-0.25, -0.2) is 4.98 Å². The van der Waals surface area contributed by atoms with E-state index in [2.05, 4.69) is 10.3 Å². The lowest BCUT2D eigenvalue weighted by atomic mass is 9.74. The number of rotatable bonds is 4. The van der Waals surface area contributed by atoms with Crippen molar-refractivity contribution in [2.75, 3.05) is 0 Å². The molecular weight excluding hydrogens is 230 g/mol. The molecule has 0 radical (unpaired) electrons. The van der Waals surface area contributed by atoms with Gasteiger partial charge in [0.05, 0.1) is 11.6 Å². The lowest BCUT2D eigenvalue weighted by molar-refractivity contribution is -0.133. The van der Waals surface area contributed by atoms with Gasteiger partial charge in [-0.15, -0.1) is 0 Å². The number of nitrogens with zero attached hydrogens (tertiary/aromatic N) is 1. The average molecular weight is 253 g/mol. The highest BCUT2D eigenvalue weighted by atomic mass is 16.4. The molecule has 1 aromatic heterocycles. The fourth-order valence-electron chi connectivity index (χ4n) is 1.30. The van der Waals surface area contributed by atoms with Gasteiger partial charge in [-0.2, -0.15) is 0 Å². The van der Waals surface area contributed by atoms with Crippen LogP contribution in [0.3, 0.4) is 0 Å². The summed E-state index contributed by atoms with van der Waals surface area (Å²) in [5.74, 6) is 1.12. The number of oxazole rings is 1. The van der Waals surface area contributed by atoms with Crippen LogP contribution in [0.4, 0.5) is 0 Å². The third kappa shape index (κ3) is 2.90. The molecule has 0 bridgehead atoms. The molecule has 1 amide bonds. The second-order valence-electron chi connectivity index (χ2n) is 5.85. The van der Waals surface area contributed by atoms with Crippen molar-refractivity contribution in [1.29, 1.82) is 0 Å². The molecule has 0 aliphatic carbocycles. The first kappa shape index (κ1) is 14.7. The maximum atomic E-state index is 12.2. The molecule has 0 aromatic carbocycles. The van der Waals surface area contributed by atoms with Crippen LogP contribution in [0.2, 0.25) is 0 Å². The van der Waals surface area contributed by atoms with Crippen molar-refractivity contribution >= 4 is 5.91 Å². The fourth-order valence-corrected chi connectivity index (χ4v) is 1.30. The highest BCUT2D eigenvalue weighted by Gasteiger charge is 2.41.